The predicted octanol–water partition coefficient (Wildman–Crippen LogP) is 4.29. The van der Waals surface area contributed by atoms with Crippen LogP contribution < -0.4 is 10.2 Å². The molecule has 0 saturated heterocycles. The maximum atomic E-state index is 12.9. The Morgan fingerprint density at radius 1 is 0.962 bits per heavy atom. The number of benzene rings is 2. The predicted molar refractivity (Wildman–Crippen MR) is 109 cm³/mol. The number of para-hydroxylation sites is 1. The molecule has 0 saturated carbocycles. The fourth-order valence-electron chi connectivity index (χ4n) is 3.62. The van der Waals surface area contributed by atoms with Crippen molar-refractivity contribution in [2.24, 2.45) is 0 Å². The Labute approximate surface area is 155 Å². The lowest BCUT2D eigenvalue weighted by Gasteiger charge is -2.19. The van der Waals surface area contributed by atoms with Gasteiger partial charge in [0.1, 0.15) is 5.75 Å². The van der Waals surface area contributed by atoms with E-state index in [4.69, 9.17) is 4.74 Å². The summed E-state index contributed by atoms with van der Waals surface area (Å²) in [5, 5.41) is 1.50. The number of unbranched alkanes of at least 4 members (excludes halogenated alkanes) is 1. The van der Waals surface area contributed by atoms with E-state index in [-0.39, 0.29) is 5.43 Å². The molecule has 0 unspecified atom stereocenters. The van der Waals surface area contributed by atoms with Gasteiger partial charge in [-0.05, 0) is 62.8 Å². The molecule has 0 amide bonds. The van der Waals surface area contributed by atoms with Crippen LogP contribution in [0, 0.1) is 0 Å². The Hall–Kier alpha value is -2.33. The highest BCUT2D eigenvalue weighted by Crippen LogP contribution is 2.23. The first kappa shape index (κ1) is 18.5. The van der Waals surface area contributed by atoms with Crippen LogP contribution in [0.4, 0.5) is 0 Å². The second-order valence-electron chi connectivity index (χ2n) is 6.61. The largest absolute Gasteiger partial charge is 0.497 e. The van der Waals surface area contributed by atoms with Crippen molar-refractivity contribution in [1.29, 1.82) is 0 Å². The van der Waals surface area contributed by atoms with Gasteiger partial charge >= 0.3 is 0 Å². The topological polar surface area (TPSA) is 34.5 Å². The molecule has 0 atom stereocenters. The summed E-state index contributed by atoms with van der Waals surface area (Å²) in [7, 11) is 1.63. The van der Waals surface area contributed by atoms with E-state index in [2.05, 4.69) is 23.3 Å². The quantitative estimate of drug-likeness (QED) is 0.448. The summed E-state index contributed by atoms with van der Waals surface area (Å²) in [6, 6.07) is 13.7. The molecule has 0 radical (unpaired) electrons. The molecule has 0 bridgehead atoms. The minimum atomic E-state index is 0.0777. The third kappa shape index (κ3) is 3.61. The third-order valence-electron chi connectivity index (χ3n) is 5.18. The van der Waals surface area contributed by atoms with Crippen LogP contribution >= 0.6 is 0 Å². The molecule has 1 aromatic heterocycles. The fourth-order valence-corrected chi connectivity index (χ4v) is 3.62. The fraction of sp³-hybridized carbons (Fsp3) is 0.409. The summed E-state index contributed by atoms with van der Waals surface area (Å²) >= 11 is 0. The third-order valence-corrected chi connectivity index (χ3v) is 5.18. The highest BCUT2D eigenvalue weighted by Gasteiger charge is 2.11. The molecule has 138 valence electrons. The van der Waals surface area contributed by atoms with Crippen molar-refractivity contribution in [2.75, 3.05) is 26.7 Å². The Kier molecular flexibility index (Phi) is 5.94. The number of fused-ring (bicyclic) bond motifs is 2. The molecule has 4 nitrogen and oxygen atoms in total. The van der Waals surface area contributed by atoms with Crippen molar-refractivity contribution in [1.82, 2.24) is 9.47 Å². The molecule has 2 aromatic carbocycles. The van der Waals surface area contributed by atoms with Crippen LogP contribution in [0.2, 0.25) is 0 Å². The van der Waals surface area contributed by atoms with Crippen molar-refractivity contribution in [3.8, 4) is 5.75 Å². The average Bonchev–Trinajstić information content (AvgIpc) is 2.70. The lowest BCUT2D eigenvalue weighted by Crippen LogP contribution is -2.24. The second kappa shape index (κ2) is 8.37. The van der Waals surface area contributed by atoms with E-state index in [1.807, 2.05) is 42.5 Å². The van der Waals surface area contributed by atoms with E-state index in [1.165, 1.54) is 0 Å². The van der Waals surface area contributed by atoms with Gasteiger partial charge in [0, 0.05) is 17.3 Å². The number of rotatable bonds is 8. The molecule has 1 heterocycles. The summed E-state index contributed by atoms with van der Waals surface area (Å²) < 4.78 is 7.61. The molecule has 0 N–H and O–H groups in total. The summed E-state index contributed by atoms with van der Waals surface area (Å²) in [6.45, 7) is 8.64. The lowest BCUT2D eigenvalue weighted by atomic mass is 10.1. The number of methoxy groups -OCH3 is 1. The summed E-state index contributed by atoms with van der Waals surface area (Å²) in [4.78, 5) is 15.4. The van der Waals surface area contributed by atoms with Gasteiger partial charge in [-0.3, -0.25) is 4.79 Å². The number of aryl methyl sites for hydroxylation is 1. The highest BCUT2D eigenvalue weighted by atomic mass is 16.5. The van der Waals surface area contributed by atoms with Gasteiger partial charge in [0.25, 0.3) is 0 Å². The van der Waals surface area contributed by atoms with Crippen molar-refractivity contribution < 1.29 is 4.74 Å². The van der Waals surface area contributed by atoms with Gasteiger partial charge in [-0.1, -0.05) is 26.0 Å². The van der Waals surface area contributed by atoms with Crippen LogP contribution in [-0.4, -0.2) is 36.2 Å². The van der Waals surface area contributed by atoms with E-state index < -0.39 is 0 Å². The van der Waals surface area contributed by atoms with E-state index in [0.717, 1.165) is 66.6 Å². The van der Waals surface area contributed by atoms with E-state index in [1.54, 1.807) is 7.11 Å². The monoisotopic (exact) mass is 352 g/mol. The Balaban J connectivity index is 1.99. The van der Waals surface area contributed by atoms with Crippen LogP contribution in [0.15, 0.2) is 47.3 Å². The van der Waals surface area contributed by atoms with Gasteiger partial charge in [0.15, 0.2) is 5.43 Å². The van der Waals surface area contributed by atoms with Crippen LogP contribution in [0.5, 0.6) is 5.75 Å². The smallest absolute Gasteiger partial charge is 0.197 e. The van der Waals surface area contributed by atoms with Crippen LogP contribution in [0.1, 0.15) is 26.7 Å². The van der Waals surface area contributed by atoms with Gasteiger partial charge in [-0.2, -0.15) is 0 Å². The first-order valence-corrected chi connectivity index (χ1v) is 9.51. The molecule has 3 rings (SSSR count). The molecule has 0 spiro atoms. The molecular weight excluding hydrogens is 324 g/mol. The Bertz CT molecular complexity index is 942. The zero-order chi connectivity index (χ0) is 18.5. The number of ether oxygens (including phenoxy) is 1. The molecule has 26 heavy (non-hydrogen) atoms. The lowest BCUT2D eigenvalue weighted by molar-refractivity contribution is 0.295. The summed E-state index contributed by atoms with van der Waals surface area (Å²) in [5.74, 6) is 0.720. The average molecular weight is 352 g/mol. The van der Waals surface area contributed by atoms with Crippen LogP contribution in [-0.2, 0) is 6.54 Å². The maximum absolute atomic E-state index is 12.9. The Morgan fingerprint density at radius 3 is 2.42 bits per heavy atom. The van der Waals surface area contributed by atoms with Gasteiger partial charge in [0.05, 0.1) is 18.1 Å². The molecule has 0 aliphatic rings. The van der Waals surface area contributed by atoms with Crippen molar-refractivity contribution >= 4 is 21.8 Å². The van der Waals surface area contributed by atoms with Crippen LogP contribution in [0.25, 0.3) is 21.8 Å². The minimum Gasteiger partial charge on any atom is -0.497 e. The normalized spacial score (nSPS) is 11.5. The summed E-state index contributed by atoms with van der Waals surface area (Å²) in [6.07, 6.45) is 2.24. The number of nitrogens with zero attached hydrogens (tertiary/aromatic N) is 2. The molecule has 3 aromatic rings. The number of pyridine rings is 1. The van der Waals surface area contributed by atoms with Crippen LogP contribution in [0.3, 0.4) is 0 Å². The van der Waals surface area contributed by atoms with Crippen molar-refractivity contribution in [3.63, 3.8) is 0 Å². The van der Waals surface area contributed by atoms with Gasteiger partial charge in [0.2, 0.25) is 0 Å². The van der Waals surface area contributed by atoms with Crippen molar-refractivity contribution in [3.05, 3.63) is 52.7 Å². The van der Waals surface area contributed by atoms with E-state index >= 15 is 0 Å². The van der Waals surface area contributed by atoms with Gasteiger partial charge in [-0.15, -0.1) is 0 Å². The minimum absolute atomic E-state index is 0.0777. The molecule has 0 aliphatic heterocycles. The van der Waals surface area contributed by atoms with Crippen molar-refractivity contribution in [2.45, 2.75) is 33.2 Å². The molecule has 4 heteroatoms. The molecule has 0 aliphatic carbocycles. The zero-order valence-corrected chi connectivity index (χ0v) is 16.0. The summed E-state index contributed by atoms with van der Waals surface area (Å²) in [5.41, 5.74) is 2.07. The van der Waals surface area contributed by atoms with E-state index in [9.17, 15) is 4.79 Å². The number of hydrogen-bond donors (Lipinski definition) is 0. The molecule has 0 fully saturated rings. The van der Waals surface area contributed by atoms with Gasteiger partial charge < -0.3 is 14.2 Å². The number of hydrogen-bond acceptors (Lipinski definition) is 3. The zero-order valence-electron chi connectivity index (χ0n) is 16.0. The second-order valence-corrected chi connectivity index (χ2v) is 6.61. The number of aromatic nitrogens is 1. The maximum Gasteiger partial charge on any atom is 0.197 e. The highest BCUT2D eigenvalue weighted by molar-refractivity contribution is 5.94. The molecular formula is C22H28N2O2. The Morgan fingerprint density at radius 2 is 1.69 bits per heavy atom. The first-order chi connectivity index (χ1) is 12.7. The standard InChI is InChI=1S/C22H28N2O2/c1-4-23(5-2)14-8-9-15-24-20-11-7-6-10-18(20)22(25)19-16-17(26-3)12-13-21(19)24/h6-7,10-13,16H,4-5,8-9,14-15H2,1-3H3. The SMILES string of the molecule is CCN(CC)CCCCn1c2ccccc2c(=O)c2cc(OC)ccc21. The van der Waals surface area contributed by atoms with Gasteiger partial charge in [-0.25, -0.2) is 0 Å². The van der Waals surface area contributed by atoms with E-state index in [0.29, 0.717) is 0 Å². The first-order valence-electron chi connectivity index (χ1n) is 9.51.